The molecule has 0 spiro atoms. The minimum Gasteiger partial charge on any atom is -0.460 e. The highest BCUT2D eigenvalue weighted by molar-refractivity contribution is 6.99. The molecule has 0 N–H and O–H groups in total. The topological polar surface area (TPSA) is 61.8 Å². The second kappa shape index (κ2) is 12.1. The average molecular weight is 675 g/mol. The van der Waals surface area contributed by atoms with E-state index in [9.17, 15) is 9.59 Å². The molecule has 3 saturated carbocycles. The van der Waals surface area contributed by atoms with Gasteiger partial charge in [-0.15, -0.1) is 0 Å². The molecule has 4 aliphatic rings. The van der Waals surface area contributed by atoms with Gasteiger partial charge in [0.15, 0.2) is 8.32 Å². The van der Waals surface area contributed by atoms with Crippen molar-refractivity contribution in [2.75, 3.05) is 6.61 Å². The average Bonchev–Trinajstić information content (AvgIpc) is 3.56. The molecular weight excluding hydrogens is 617 g/mol. The lowest BCUT2D eigenvalue weighted by Gasteiger charge is -2.62. The zero-order valence-corrected chi connectivity index (χ0v) is 32.4. The van der Waals surface area contributed by atoms with Crippen LogP contribution in [0.4, 0.5) is 0 Å². The summed E-state index contributed by atoms with van der Waals surface area (Å²) in [6, 6.07) is 22.0. The van der Waals surface area contributed by atoms with Crippen LogP contribution in [0, 0.1) is 34.0 Å². The van der Waals surface area contributed by atoms with Crippen LogP contribution in [0.25, 0.3) is 0 Å². The highest BCUT2D eigenvalue weighted by Crippen LogP contribution is 2.70. The van der Waals surface area contributed by atoms with Gasteiger partial charge in [0, 0.05) is 17.8 Å². The van der Waals surface area contributed by atoms with Crippen molar-refractivity contribution >= 4 is 38.8 Å². The Kier molecular flexibility index (Phi) is 8.93. The number of ketones is 1. The summed E-state index contributed by atoms with van der Waals surface area (Å²) >= 11 is 0. The van der Waals surface area contributed by atoms with E-state index in [2.05, 4.69) is 110 Å². The van der Waals surface area contributed by atoms with E-state index in [1.54, 1.807) is 0 Å². The number of carbonyl (C=O) groups excluding carboxylic acids is 2. The van der Waals surface area contributed by atoms with Crippen molar-refractivity contribution in [1.82, 2.24) is 0 Å². The van der Waals surface area contributed by atoms with E-state index in [4.69, 9.17) is 13.6 Å². The summed E-state index contributed by atoms with van der Waals surface area (Å²) in [5.41, 5.74) is -0.664. The van der Waals surface area contributed by atoms with Gasteiger partial charge in [-0.05, 0) is 89.3 Å². The summed E-state index contributed by atoms with van der Waals surface area (Å²) in [5, 5.41) is 2.03. The molecule has 1 saturated heterocycles. The van der Waals surface area contributed by atoms with Crippen molar-refractivity contribution in [3.05, 3.63) is 60.7 Å². The van der Waals surface area contributed by atoms with Gasteiger partial charge in [-0.1, -0.05) is 109 Å². The highest BCUT2D eigenvalue weighted by Gasteiger charge is 2.71. The Bertz CT molecular complexity index is 1430. The van der Waals surface area contributed by atoms with E-state index in [1.807, 2.05) is 12.1 Å². The molecule has 0 amide bonds. The molecule has 2 aromatic rings. The standard InChI is InChI=1S/C40H58O5Si2/c1-10-38(6)25-33(39(7)28(2)21-23-40(24-22-32(41)35(39)40)31-27-46(8,9)45-36(31)38)44-34(42)26-43-47(37(3,4)5,29-17-13-11-14-18-29)30-19-15-12-16-20-30/h11-20,28,31,33,35-36H,10,21-27H2,1-9H3/t28-,31+,33-,35?,36+,38+,39+,40+/m1/s1. The van der Waals surface area contributed by atoms with E-state index in [1.165, 1.54) is 0 Å². The molecule has 5 nitrogen and oxygen atoms in total. The number of hydrogen-bond acceptors (Lipinski definition) is 5. The summed E-state index contributed by atoms with van der Waals surface area (Å²) in [7, 11) is -4.83. The molecule has 2 aromatic carbocycles. The maximum Gasteiger partial charge on any atom is 0.331 e. The van der Waals surface area contributed by atoms with Crippen LogP contribution in [0.5, 0.6) is 0 Å². The monoisotopic (exact) mass is 674 g/mol. The fraction of sp³-hybridized carbons (Fsp3) is 0.650. The van der Waals surface area contributed by atoms with Gasteiger partial charge in [0.1, 0.15) is 18.5 Å². The number of hydrogen-bond donors (Lipinski definition) is 0. The fourth-order valence-electron chi connectivity index (χ4n) is 11.0. The highest BCUT2D eigenvalue weighted by atomic mass is 28.4. The van der Waals surface area contributed by atoms with Gasteiger partial charge < -0.3 is 13.6 Å². The molecular formula is C40H58O5Si2. The number of Topliss-reactive ketones (excluding diaryl/α,β-unsaturated/α-hetero) is 1. The molecule has 1 aliphatic heterocycles. The third-order valence-electron chi connectivity index (χ3n) is 13.7. The molecule has 7 heteroatoms. The Morgan fingerprint density at radius 2 is 1.60 bits per heavy atom. The number of benzene rings is 2. The van der Waals surface area contributed by atoms with Gasteiger partial charge in [0.2, 0.25) is 0 Å². The first kappa shape index (κ1) is 34.8. The van der Waals surface area contributed by atoms with Crippen LogP contribution in [0.1, 0.15) is 87.0 Å². The maximum absolute atomic E-state index is 14.3. The van der Waals surface area contributed by atoms with Crippen LogP contribution < -0.4 is 10.4 Å². The molecule has 0 aromatic heterocycles. The first-order chi connectivity index (χ1) is 22.0. The Labute approximate surface area is 285 Å². The Balaban J connectivity index is 1.38. The second-order valence-corrected chi connectivity index (χ2v) is 26.2. The van der Waals surface area contributed by atoms with Crippen molar-refractivity contribution in [3.63, 3.8) is 0 Å². The number of carbonyl (C=O) groups is 2. The number of fused-ring (bicyclic) bond motifs is 1. The lowest BCUT2D eigenvalue weighted by Crippen LogP contribution is -2.67. The molecule has 3 aliphatic carbocycles. The third kappa shape index (κ3) is 5.46. The minimum atomic E-state index is -2.93. The first-order valence-electron chi connectivity index (χ1n) is 18.2. The van der Waals surface area contributed by atoms with E-state index in [0.717, 1.165) is 42.1 Å². The molecule has 8 atom stereocenters. The molecule has 6 rings (SSSR count). The van der Waals surface area contributed by atoms with Crippen LogP contribution >= 0.6 is 0 Å². The lowest BCUT2D eigenvalue weighted by atomic mass is 9.43. The Morgan fingerprint density at radius 1 is 1.00 bits per heavy atom. The van der Waals surface area contributed by atoms with Gasteiger partial charge in [-0.2, -0.15) is 0 Å². The summed E-state index contributed by atoms with van der Waals surface area (Å²) in [6.07, 6.45) is 5.08. The SMILES string of the molecule is CC[C@@]1(C)C[C@@H](OC(=O)CO[Si](c2ccccc2)(c2ccccc2)C(C)(C)C)[C@@]2(C)C3C(=O)CC[C@@]3(CC[C@H]2C)[C@H]2C[Si](C)(C)O[C@@H]21. The van der Waals surface area contributed by atoms with E-state index in [-0.39, 0.29) is 52.5 Å². The normalized spacial score (nSPS) is 36.6. The van der Waals surface area contributed by atoms with Gasteiger partial charge in [0.25, 0.3) is 8.32 Å². The van der Waals surface area contributed by atoms with Crippen LogP contribution in [0.2, 0.25) is 24.2 Å². The van der Waals surface area contributed by atoms with Crippen LogP contribution in [-0.4, -0.2) is 47.2 Å². The zero-order chi connectivity index (χ0) is 34.0. The van der Waals surface area contributed by atoms with Crippen molar-refractivity contribution in [3.8, 4) is 0 Å². The van der Waals surface area contributed by atoms with Crippen LogP contribution in [0.15, 0.2) is 60.7 Å². The largest absolute Gasteiger partial charge is 0.460 e. The van der Waals surface area contributed by atoms with Crippen molar-refractivity contribution in [2.24, 2.45) is 34.0 Å². The van der Waals surface area contributed by atoms with Crippen LogP contribution in [0.3, 0.4) is 0 Å². The predicted molar refractivity (Wildman–Crippen MR) is 194 cm³/mol. The smallest absolute Gasteiger partial charge is 0.331 e. The van der Waals surface area contributed by atoms with Gasteiger partial charge in [-0.3, -0.25) is 4.79 Å². The number of ether oxygens (including phenoxy) is 1. The second-order valence-electron chi connectivity index (χ2n) is 17.7. The Hall–Kier alpha value is -2.07. The summed E-state index contributed by atoms with van der Waals surface area (Å²) < 4.78 is 21.0. The maximum atomic E-state index is 14.3. The van der Waals surface area contributed by atoms with Gasteiger partial charge in [0.05, 0.1) is 6.10 Å². The van der Waals surface area contributed by atoms with Crippen molar-refractivity contribution < 1.29 is 23.2 Å². The summed E-state index contributed by atoms with van der Waals surface area (Å²) in [4.78, 5) is 28.5. The van der Waals surface area contributed by atoms with Crippen molar-refractivity contribution in [2.45, 2.75) is 123 Å². The quantitative estimate of drug-likeness (QED) is 0.221. The van der Waals surface area contributed by atoms with Crippen LogP contribution in [-0.2, 0) is 23.2 Å². The minimum absolute atomic E-state index is 0.0727. The fourth-order valence-corrected chi connectivity index (χ4v) is 18.4. The molecule has 47 heavy (non-hydrogen) atoms. The van der Waals surface area contributed by atoms with E-state index >= 15 is 0 Å². The molecule has 1 heterocycles. The third-order valence-corrected chi connectivity index (χ3v) is 21.0. The molecule has 4 fully saturated rings. The van der Waals surface area contributed by atoms with Gasteiger partial charge >= 0.3 is 5.97 Å². The molecule has 1 unspecified atom stereocenters. The first-order valence-corrected chi connectivity index (χ1v) is 23.2. The van der Waals surface area contributed by atoms with E-state index < -0.39 is 22.0 Å². The summed E-state index contributed by atoms with van der Waals surface area (Å²) in [6.45, 7) is 20.5. The lowest BCUT2D eigenvalue weighted by molar-refractivity contribution is -0.206. The Morgan fingerprint density at radius 3 is 2.15 bits per heavy atom. The molecule has 2 bridgehead atoms. The van der Waals surface area contributed by atoms with Gasteiger partial charge in [-0.25, -0.2) is 4.79 Å². The van der Waals surface area contributed by atoms with Crippen molar-refractivity contribution in [1.29, 1.82) is 0 Å². The molecule has 256 valence electrons. The van der Waals surface area contributed by atoms with E-state index in [0.29, 0.717) is 24.5 Å². The molecule has 0 radical (unpaired) electrons. The number of rotatable bonds is 7. The number of esters is 1. The zero-order valence-electron chi connectivity index (χ0n) is 30.4. The summed E-state index contributed by atoms with van der Waals surface area (Å²) in [5.74, 6) is 0.620. The predicted octanol–water partition coefficient (Wildman–Crippen LogP) is 7.92.